The molecule has 9 heteroatoms. The van der Waals surface area contributed by atoms with Crippen molar-refractivity contribution in [3.05, 3.63) is 29.8 Å². The van der Waals surface area contributed by atoms with Gasteiger partial charge >= 0.3 is 5.97 Å². The van der Waals surface area contributed by atoms with Crippen molar-refractivity contribution >= 4 is 27.4 Å². The van der Waals surface area contributed by atoms with Crippen LogP contribution >= 0.6 is 0 Å². The van der Waals surface area contributed by atoms with E-state index in [1.165, 1.54) is 0 Å². The maximum absolute atomic E-state index is 13.3. The van der Waals surface area contributed by atoms with Gasteiger partial charge in [0.25, 0.3) is 5.91 Å². The molecule has 0 radical (unpaired) electrons. The topological polar surface area (TPSA) is 89.5 Å². The molecule has 0 unspecified atom stereocenters. The fraction of sp³-hybridized carbons (Fsp3) is 0.429. The quantitative estimate of drug-likeness (QED) is 0.810. The van der Waals surface area contributed by atoms with Gasteiger partial charge in [0.15, 0.2) is 16.4 Å². The average molecular weight is 347 g/mol. The second kappa shape index (κ2) is 7.03. The van der Waals surface area contributed by atoms with Gasteiger partial charge in [0.2, 0.25) is 0 Å². The van der Waals surface area contributed by atoms with E-state index in [0.29, 0.717) is 6.42 Å². The van der Waals surface area contributed by atoms with Crippen molar-refractivity contribution in [2.75, 3.05) is 23.4 Å². The lowest BCUT2D eigenvalue weighted by Gasteiger charge is -2.09. The molecule has 0 aromatic heterocycles. The Bertz CT molecular complexity index is 700. The highest BCUT2D eigenvalue weighted by molar-refractivity contribution is 7.91. The standard InChI is InChI=1S/C14H15F2NO5S/c15-10-2-1-3-11(16)14(10)17-12(18)7-22-13(19)6-9-4-5-23(20,21)8-9/h1-3,9H,4-8H2,(H,17,18)/t9-/m0/s1. The second-order valence-corrected chi connectivity index (χ2v) is 7.51. The summed E-state index contributed by atoms with van der Waals surface area (Å²) in [5.41, 5.74) is -0.615. The first kappa shape index (κ1) is 17.3. The van der Waals surface area contributed by atoms with E-state index in [1.807, 2.05) is 5.32 Å². The van der Waals surface area contributed by atoms with Crippen molar-refractivity contribution in [2.24, 2.45) is 5.92 Å². The Morgan fingerprint density at radius 3 is 2.48 bits per heavy atom. The van der Waals surface area contributed by atoms with E-state index in [0.717, 1.165) is 18.2 Å². The maximum atomic E-state index is 13.3. The summed E-state index contributed by atoms with van der Waals surface area (Å²) in [5.74, 6) is -3.86. The Morgan fingerprint density at radius 2 is 1.91 bits per heavy atom. The van der Waals surface area contributed by atoms with Crippen molar-refractivity contribution < 1.29 is 31.5 Å². The minimum absolute atomic E-state index is 0.0397. The molecule has 2 rings (SSSR count). The van der Waals surface area contributed by atoms with E-state index in [2.05, 4.69) is 0 Å². The van der Waals surface area contributed by atoms with Gasteiger partial charge in [-0.3, -0.25) is 9.59 Å². The summed E-state index contributed by atoms with van der Waals surface area (Å²) in [6.45, 7) is -0.702. The molecule has 1 saturated heterocycles. The summed E-state index contributed by atoms with van der Waals surface area (Å²) in [4.78, 5) is 23.1. The van der Waals surface area contributed by atoms with Crippen LogP contribution in [0.2, 0.25) is 0 Å². The number of carbonyl (C=O) groups is 2. The van der Waals surface area contributed by atoms with Crippen molar-refractivity contribution in [1.29, 1.82) is 0 Å². The van der Waals surface area contributed by atoms with Gasteiger partial charge in [-0.15, -0.1) is 0 Å². The number of amides is 1. The molecule has 126 valence electrons. The molecule has 6 nitrogen and oxygen atoms in total. The molecule has 1 aromatic carbocycles. The number of halogens is 2. The maximum Gasteiger partial charge on any atom is 0.306 e. The first-order valence-corrected chi connectivity index (χ1v) is 8.69. The molecule has 1 aromatic rings. The van der Waals surface area contributed by atoms with E-state index in [-0.39, 0.29) is 23.8 Å². The van der Waals surface area contributed by atoms with Crippen molar-refractivity contribution in [3.8, 4) is 0 Å². The molecule has 1 aliphatic rings. The monoisotopic (exact) mass is 347 g/mol. The Hall–Kier alpha value is -2.03. The molecular weight excluding hydrogens is 332 g/mol. The Labute approximate surface area is 131 Å². The number of hydrogen-bond donors (Lipinski definition) is 1. The molecule has 1 heterocycles. The largest absolute Gasteiger partial charge is 0.456 e. The summed E-state index contributed by atoms with van der Waals surface area (Å²) in [6, 6.07) is 3.10. The molecular formula is C14H15F2NO5S. The Balaban J connectivity index is 1.79. The molecule has 1 N–H and O–H groups in total. The number of para-hydroxylation sites is 1. The van der Waals surface area contributed by atoms with E-state index in [9.17, 15) is 26.8 Å². The molecule has 1 atom stereocenters. The molecule has 1 fully saturated rings. The third kappa shape index (κ3) is 4.98. The van der Waals surface area contributed by atoms with E-state index >= 15 is 0 Å². The minimum Gasteiger partial charge on any atom is -0.456 e. The molecule has 1 amide bonds. The minimum atomic E-state index is -3.09. The van der Waals surface area contributed by atoms with Crippen LogP contribution in [-0.2, 0) is 24.2 Å². The first-order valence-electron chi connectivity index (χ1n) is 6.87. The zero-order valence-electron chi connectivity index (χ0n) is 12.1. The number of benzene rings is 1. The van der Waals surface area contributed by atoms with Gasteiger partial charge in [0.05, 0.1) is 11.5 Å². The van der Waals surface area contributed by atoms with Crippen LogP contribution in [0.1, 0.15) is 12.8 Å². The van der Waals surface area contributed by atoms with Gasteiger partial charge < -0.3 is 10.1 Å². The molecule has 0 bridgehead atoms. The molecule has 1 aliphatic heterocycles. The predicted molar refractivity (Wildman–Crippen MR) is 77.3 cm³/mol. The number of nitrogens with one attached hydrogen (secondary N) is 1. The summed E-state index contributed by atoms with van der Waals surface area (Å²) in [6.07, 6.45) is 0.268. The van der Waals surface area contributed by atoms with Crippen molar-refractivity contribution in [1.82, 2.24) is 0 Å². The van der Waals surface area contributed by atoms with Gasteiger partial charge in [0.1, 0.15) is 17.3 Å². The number of hydrogen-bond acceptors (Lipinski definition) is 5. The third-order valence-corrected chi connectivity index (χ3v) is 5.21. The number of sulfone groups is 1. The van der Waals surface area contributed by atoms with Crippen molar-refractivity contribution in [3.63, 3.8) is 0 Å². The van der Waals surface area contributed by atoms with Gasteiger partial charge in [-0.25, -0.2) is 17.2 Å². The number of anilines is 1. The lowest BCUT2D eigenvalue weighted by Crippen LogP contribution is -2.23. The second-order valence-electron chi connectivity index (χ2n) is 5.28. The van der Waals surface area contributed by atoms with Gasteiger partial charge in [-0.1, -0.05) is 6.07 Å². The number of carbonyl (C=O) groups excluding carboxylic acids is 2. The van der Waals surface area contributed by atoms with E-state index in [1.54, 1.807) is 0 Å². The fourth-order valence-electron chi connectivity index (χ4n) is 2.27. The SMILES string of the molecule is O=C(COC(=O)C[C@@H]1CCS(=O)(=O)C1)Nc1c(F)cccc1F. The van der Waals surface area contributed by atoms with Crippen LogP contribution in [0, 0.1) is 17.6 Å². The van der Waals surface area contributed by atoms with Gasteiger partial charge in [-0.2, -0.15) is 0 Å². The highest BCUT2D eigenvalue weighted by Gasteiger charge is 2.30. The van der Waals surface area contributed by atoms with Crippen LogP contribution in [0.4, 0.5) is 14.5 Å². The highest BCUT2D eigenvalue weighted by Crippen LogP contribution is 2.22. The summed E-state index contributed by atoms with van der Waals surface area (Å²) < 4.78 is 53.9. The smallest absolute Gasteiger partial charge is 0.306 e. The summed E-state index contributed by atoms with van der Waals surface area (Å²) in [7, 11) is -3.09. The van der Waals surface area contributed by atoms with Crippen LogP contribution in [0.3, 0.4) is 0 Å². The van der Waals surface area contributed by atoms with Crippen molar-refractivity contribution in [2.45, 2.75) is 12.8 Å². The van der Waals surface area contributed by atoms with Crippen LogP contribution < -0.4 is 5.32 Å². The van der Waals surface area contributed by atoms with Gasteiger partial charge in [-0.05, 0) is 24.5 Å². The first-order chi connectivity index (χ1) is 10.8. The number of rotatable bonds is 5. The molecule has 0 aliphatic carbocycles. The summed E-state index contributed by atoms with van der Waals surface area (Å²) in [5, 5.41) is 1.98. The number of ether oxygens (including phenoxy) is 1. The fourth-order valence-corrected chi connectivity index (χ4v) is 4.13. The normalized spacial score (nSPS) is 19.3. The Morgan fingerprint density at radius 1 is 1.26 bits per heavy atom. The average Bonchev–Trinajstić information content (AvgIpc) is 2.80. The zero-order chi connectivity index (χ0) is 17.0. The molecule has 0 spiro atoms. The lowest BCUT2D eigenvalue weighted by atomic mass is 10.1. The predicted octanol–water partition coefficient (Wildman–Crippen LogP) is 1.27. The van der Waals surface area contributed by atoms with E-state index < -0.39 is 45.6 Å². The van der Waals surface area contributed by atoms with Gasteiger partial charge in [0, 0.05) is 6.42 Å². The Kier molecular flexibility index (Phi) is 5.30. The zero-order valence-corrected chi connectivity index (χ0v) is 12.9. The van der Waals surface area contributed by atoms with Crippen LogP contribution in [0.15, 0.2) is 18.2 Å². The third-order valence-electron chi connectivity index (χ3n) is 3.37. The molecule has 0 saturated carbocycles. The lowest BCUT2D eigenvalue weighted by molar-refractivity contribution is -0.148. The van der Waals surface area contributed by atoms with Crippen LogP contribution in [0.5, 0.6) is 0 Å². The molecule has 23 heavy (non-hydrogen) atoms. The highest BCUT2D eigenvalue weighted by atomic mass is 32.2. The summed E-state index contributed by atoms with van der Waals surface area (Å²) >= 11 is 0. The van der Waals surface area contributed by atoms with Crippen LogP contribution in [0.25, 0.3) is 0 Å². The number of esters is 1. The van der Waals surface area contributed by atoms with E-state index in [4.69, 9.17) is 4.74 Å². The van der Waals surface area contributed by atoms with Crippen LogP contribution in [-0.4, -0.2) is 38.4 Å².